The van der Waals surface area contributed by atoms with Crippen LogP contribution >= 0.6 is 0 Å². The molecule has 17 heavy (non-hydrogen) atoms. The van der Waals surface area contributed by atoms with Gasteiger partial charge in [-0.15, -0.1) is 0 Å². The fourth-order valence-electron chi connectivity index (χ4n) is 2.41. The van der Waals surface area contributed by atoms with Crippen LogP contribution in [0.2, 0.25) is 0 Å². The number of hydrogen-bond acceptors (Lipinski definition) is 3. The van der Waals surface area contributed by atoms with Gasteiger partial charge in [-0.25, -0.2) is 0 Å². The molecule has 2 heterocycles. The van der Waals surface area contributed by atoms with Crippen LogP contribution in [0.15, 0.2) is 24.4 Å². The summed E-state index contributed by atoms with van der Waals surface area (Å²) in [6.45, 7) is 6.68. The van der Waals surface area contributed by atoms with Crippen LogP contribution in [0, 0.1) is 0 Å². The van der Waals surface area contributed by atoms with Gasteiger partial charge in [0.25, 0.3) is 0 Å². The molecule has 1 unspecified atom stereocenters. The van der Waals surface area contributed by atoms with Crippen molar-refractivity contribution in [1.82, 2.24) is 15.2 Å². The van der Waals surface area contributed by atoms with E-state index in [2.05, 4.69) is 34.3 Å². The van der Waals surface area contributed by atoms with Crippen molar-refractivity contribution in [3.05, 3.63) is 30.1 Å². The van der Waals surface area contributed by atoms with Gasteiger partial charge in [0, 0.05) is 25.3 Å². The third-order valence-corrected chi connectivity index (χ3v) is 3.52. The second kappa shape index (κ2) is 6.72. The highest BCUT2D eigenvalue weighted by Crippen LogP contribution is 2.10. The molecule has 2 rings (SSSR count). The number of nitrogens with zero attached hydrogens (tertiary/aromatic N) is 2. The predicted molar refractivity (Wildman–Crippen MR) is 70.8 cm³/mol. The van der Waals surface area contributed by atoms with Crippen molar-refractivity contribution in [2.24, 2.45) is 0 Å². The van der Waals surface area contributed by atoms with E-state index in [0.29, 0.717) is 0 Å². The number of pyridine rings is 1. The highest BCUT2D eigenvalue weighted by Gasteiger charge is 2.15. The molecule has 3 heteroatoms. The molecule has 0 aliphatic carbocycles. The summed E-state index contributed by atoms with van der Waals surface area (Å²) in [5, 5.41) is 3.56. The molecule has 3 nitrogen and oxygen atoms in total. The molecule has 1 aromatic rings. The standard InChI is InChI=1S/C14H23N3/c1-2-17(11-8-13-7-5-10-15-13)12-14-6-3-4-9-16-14/h3-4,6,9,13,15H,2,5,7-8,10-12H2,1H3. The third-order valence-electron chi connectivity index (χ3n) is 3.52. The van der Waals surface area contributed by atoms with Gasteiger partial charge in [-0.2, -0.15) is 0 Å². The Morgan fingerprint density at radius 3 is 3.06 bits per heavy atom. The summed E-state index contributed by atoms with van der Waals surface area (Å²) < 4.78 is 0. The molecule has 1 aromatic heterocycles. The van der Waals surface area contributed by atoms with Gasteiger partial charge in [0.1, 0.15) is 0 Å². The highest BCUT2D eigenvalue weighted by atomic mass is 15.1. The molecule has 0 amide bonds. The van der Waals surface area contributed by atoms with Crippen molar-refractivity contribution in [2.75, 3.05) is 19.6 Å². The average Bonchev–Trinajstić information content (AvgIpc) is 2.89. The predicted octanol–water partition coefficient (Wildman–Crippen LogP) is 2.05. The van der Waals surface area contributed by atoms with Gasteiger partial charge >= 0.3 is 0 Å². The van der Waals surface area contributed by atoms with E-state index in [0.717, 1.165) is 19.1 Å². The molecule has 1 fully saturated rings. The first-order valence-corrected chi connectivity index (χ1v) is 6.74. The van der Waals surface area contributed by atoms with Gasteiger partial charge in [-0.1, -0.05) is 13.0 Å². The Morgan fingerprint density at radius 1 is 1.47 bits per heavy atom. The summed E-state index contributed by atoms with van der Waals surface area (Å²) in [5.74, 6) is 0. The van der Waals surface area contributed by atoms with Crippen molar-refractivity contribution in [1.29, 1.82) is 0 Å². The van der Waals surface area contributed by atoms with E-state index in [-0.39, 0.29) is 0 Å². The minimum atomic E-state index is 0.743. The van der Waals surface area contributed by atoms with Gasteiger partial charge in [0.2, 0.25) is 0 Å². The topological polar surface area (TPSA) is 28.2 Å². The van der Waals surface area contributed by atoms with Gasteiger partial charge in [0.05, 0.1) is 5.69 Å². The normalized spacial score (nSPS) is 20.0. The van der Waals surface area contributed by atoms with Gasteiger partial charge in [-0.05, 0) is 44.5 Å². The average molecular weight is 233 g/mol. The van der Waals surface area contributed by atoms with E-state index in [9.17, 15) is 0 Å². The van der Waals surface area contributed by atoms with E-state index in [1.807, 2.05) is 12.3 Å². The zero-order chi connectivity index (χ0) is 11.9. The largest absolute Gasteiger partial charge is 0.314 e. The van der Waals surface area contributed by atoms with Gasteiger partial charge in [-0.3, -0.25) is 9.88 Å². The lowest BCUT2D eigenvalue weighted by atomic mass is 10.1. The Morgan fingerprint density at radius 2 is 2.41 bits per heavy atom. The Labute approximate surface area is 104 Å². The molecule has 0 bridgehead atoms. The summed E-state index contributed by atoms with van der Waals surface area (Å²) in [7, 11) is 0. The Kier molecular flexibility index (Phi) is 4.95. The van der Waals surface area contributed by atoms with Crippen LogP contribution in [-0.4, -0.2) is 35.6 Å². The van der Waals surface area contributed by atoms with Gasteiger partial charge in [0.15, 0.2) is 0 Å². The minimum absolute atomic E-state index is 0.743. The molecule has 1 saturated heterocycles. The molecule has 0 aromatic carbocycles. The molecule has 0 spiro atoms. The number of rotatable bonds is 6. The van der Waals surface area contributed by atoms with Crippen LogP contribution < -0.4 is 5.32 Å². The third kappa shape index (κ3) is 4.10. The van der Waals surface area contributed by atoms with Crippen LogP contribution in [0.25, 0.3) is 0 Å². The molecule has 1 aliphatic heterocycles. The van der Waals surface area contributed by atoms with Crippen LogP contribution in [0.1, 0.15) is 31.9 Å². The molecule has 1 N–H and O–H groups in total. The molecule has 0 radical (unpaired) electrons. The zero-order valence-corrected chi connectivity index (χ0v) is 10.7. The highest BCUT2D eigenvalue weighted by molar-refractivity contribution is 5.03. The quantitative estimate of drug-likeness (QED) is 0.815. The number of aromatic nitrogens is 1. The zero-order valence-electron chi connectivity index (χ0n) is 10.7. The lowest BCUT2D eigenvalue weighted by Gasteiger charge is -2.21. The second-order valence-electron chi connectivity index (χ2n) is 4.77. The summed E-state index contributed by atoms with van der Waals surface area (Å²) in [5.41, 5.74) is 1.17. The van der Waals surface area contributed by atoms with Crippen LogP contribution in [0.3, 0.4) is 0 Å². The molecule has 1 aliphatic rings. The van der Waals surface area contributed by atoms with Crippen molar-refractivity contribution >= 4 is 0 Å². The monoisotopic (exact) mass is 233 g/mol. The Bertz CT molecular complexity index is 307. The summed E-state index contributed by atoms with van der Waals surface area (Å²) in [6.07, 6.45) is 5.83. The van der Waals surface area contributed by atoms with Crippen molar-refractivity contribution < 1.29 is 0 Å². The maximum absolute atomic E-state index is 4.39. The number of hydrogen-bond donors (Lipinski definition) is 1. The molecular weight excluding hydrogens is 210 g/mol. The first-order chi connectivity index (χ1) is 8.38. The fourth-order valence-corrected chi connectivity index (χ4v) is 2.41. The maximum Gasteiger partial charge on any atom is 0.0543 e. The molecule has 1 atom stereocenters. The smallest absolute Gasteiger partial charge is 0.0543 e. The molecule has 94 valence electrons. The van der Waals surface area contributed by atoms with E-state index < -0.39 is 0 Å². The van der Waals surface area contributed by atoms with Crippen LogP contribution in [-0.2, 0) is 6.54 Å². The SMILES string of the molecule is CCN(CCC1CCCN1)Cc1ccccn1. The lowest BCUT2D eigenvalue weighted by molar-refractivity contribution is 0.261. The second-order valence-corrected chi connectivity index (χ2v) is 4.77. The summed E-state index contributed by atoms with van der Waals surface area (Å²) in [6, 6.07) is 6.89. The molecule has 0 saturated carbocycles. The van der Waals surface area contributed by atoms with Gasteiger partial charge < -0.3 is 5.32 Å². The van der Waals surface area contributed by atoms with E-state index >= 15 is 0 Å². The van der Waals surface area contributed by atoms with Crippen LogP contribution in [0.4, 0.5) is 0 Å². The lowest BCUT2D eigenvalue weighted by Crippen LogP contribution is -2.30. The first kappa shape index (κ1) is 12.5. The fraction of sp³-hybridized carbons (Fsp3) is 0.643. The Balaban J connectivity index is 1.76. The summed E-state index contributed by atoms with van der Waals surface area (Å²) in [4.78, 5) is 6.86. The Hall–Kier alpha value is -0.930. The van der Waals surface area contributed by atoms with Crippen molar-refractivity contribution in [3.63, 3.8) is 0 Å². The maximum atomic E-state index is 4.39. The number of nitrogens with one attached hydrogen (secondary N) is 1. The van der Waals surface area contributed by atoms with Crippen molar-refractivity contribution in [2.45, 2.75) is 38.8 Å². The minimum Gasteiger partial charge on any atom is -0.314 e. The van der Waals surface area contributed by atoms with E-state index in [4.69, 9.17) is 0 Å². The van der Waals surface area contributed by atoms with Crippen LogP contribution in [0.5, 0.6) is 0 Å². The molecular formula is C14H23N3. The van der Waals surface area contributed by atoms with Crippen molar-refractivity contribution in [3.8, 4) is 0 Å². The summed E-state index contributed by atoms with van der Waals surface area (Å²) >= 11 is 0. The van der Waals surface area contributed by atoms with E-state index in [1.165, 1.54) is 38.0 Å². The first-order valence-electron chi connectivity index (χ1n) is 6.74. The van der Waals surface area contributed by atoms with E-state index in [1.54, 1.807) is 0 Å².